The summed E-state index contributed by atoms with van der Waals surface area (Å²) in [6, 6.07) is 8.17. The number of alkyl carbamates (subject to hydrolysis) is 1. The molecule has 0 heterocycles. The molecular weight excluding hydrogens is 425 g/mol. The quantitative estimate of drug-likeness (QED) is 0.468. The first-order valence-corrected chi connectivity index (χ1v) is 11.8. The van der Waals surface area contributed by atoms with Crippen LogP contribution in [0.15, 0.2) is 36.2 Å². The number of amides is 1. The van der Waals surface area contributed by atoms with Crippen molar-refractivity contribution in [1.82, 2.24) is 5.32 Å². The van der Waals surface area contributed by atoms with E-state index in [1.54, 1.807) is 27.9 Å². The molecule has 3 aliphatic carbocycles. The van der Waals surface area contributed by atoms with E-state index in [2.05, 4.69) is 17.4 Å². The van der Waals surface area contributed by atoms with Crippen LogP contribution >= 0.6 is 0 Å². The molecule has 3 fully saturated rings. The van der Waals surface area contributed by atoms with Gasteiger partial charge < -0.3 is 24.3 Å². The molecule has 6 nitrogen and oxygen atoms in total. The van der Waals surface area contributed by atoms with Gasteiger partial charge in [-0.2, -0.15) is 0 Å². The Morgan fingerprint density at radius 2 is 1.70 bits per heavy atom. The Labute approximate surface area is 196 Å². The van der Waals surface area contributed by atoms with Gasteiger partial charge in [0.25, 0.3) is 0 Å². The zero-order valence-corrected chi connectivity index (χ0v) is 20.4. The lowest BCUT2D eigenvalue weighted by atomic mass is 9.56. The molecule has 4 rings (SSSR count). The molecule has 2 bridgehead atoms. The minimum Gasteiger partial charge on any atom is -0.489 e. The number of halogens is 1. The average Bonchev–Trinajstić information content (AvgIpc) is 2.80. The van der Waals surface area contributed by atoms with Crippen molar-refractivity contribution in [2.45, 2.75) is 75.9 Å². The SMILES string of the molecule is COCCOC12CCC(c3ccc(OC/C(=C/F)CNC(=O)OC(C)(C)C)cc3)(CC1)CC2. The van der Waals surface area contributed by atoms with Gasteiger partial charge in [0.2, 0.25) is 0 Å². The van der Waals surface area contributed by atoms with E-state index in [0.717, 1.165) is 38.5 Å². The standard InChI is InChI=1S/C26H38FNO5/c1-24(2,3)33-23(29)28-18-20(17-27)19-31-22-7-5-21(6-8-22)25-9-12-26(13-10-25,14-11-25)32-16-15-30-4/h5-8,17H,9-16,18-19H2,1-4H3,(H,28,29)/b20-17+. The molecule has 0 aromatic heterocycles. The lowest BCUT2D eigenvalue weighted by Crippen LogP contribution is -2.50. The van der Waals surface area contributed by atoms with E-state index in [1.165, 1.54) is 5.56 Å². The monoisotopic (exact) mass is 463 g/mol. The minimum atomic E-state index is -0.601. The number of fused-ring (bicyclic) bond motifs is 3. The number of nitrogens with one attached hydrogen (secondary N) is 1. The Balaban J connectivity index is 1.48. The largest absolute Gasteiger partial charge is 0.489 e. The second kappa shape index (κ2) is 10.9. The molecule has 0 saturated heterocycles. The number of benzene rings is 1. The van der Waals surface area contributed by atoms with Gasteiger partial charge in [-0.25, -0.2) is 9.18 Å². The summed E-state index contributed by atoms with van der Waals surface area (Å²) in [5.74, 6) is 0.677. The number of hydrogen-bond donors (Lipinski definition) is 1. The summed E-state index contributed by atoms with van der Waals surface area (Å²) in [6.45, 7) is 6.72. The normalized spacial score (nSPS) is 25.1. The second-order valence-corrected chi connectivity index (χ2v) is 10.2. The smallest absolute Gasteiger partial charge is 0.407 e. The molecule has 0 aliphatic heterocycles. The van der Waals surface area contributed by atoms with Gasteiger partial charge in [0.15, 0.2) is 0 Å². The van der Waals surface area contributed by atoms with Gasteiger partial charge in [-0.05, 0) is 82.4 Å². The summed E-state index contributed by atoms with van der Waals surface area (Å²) in [6.07, 6.45) is 6.54. The van der Waals surface area contributed by atoms with Crippen LogP contribution in [0.3, 0.4) is 0 Å². The van der Waals surface area contributed by atoms with Crippen molar-refractivity contribution in [3.63, 3.8) is 0 Å². The lowest BCUT2D eigenvalue weighted by molar-refractivity contribution is -0.127. The van der Waals surface area contributed by atoms with E-state index in [0.29, 0.717) is 30.9 Å². The molecule has 1 amide bonds. The van der Waals surface area contributed by atoms with Crippen LogP contribution in [0.2, 0.25) is 0 Å². The first-order valence-electron chi connectivity index (χ1n) is 11.8. The van der Waals surface area contributed by atoms with Gasteiger partial charge in [0, 0.05) is 19.2 Å². The molecule has 7 heteroatoms. The molecular formula is C26H38FNO5. The molecule has 0 unspecified atom stereocenters. The van der Waals surface area contributed by atoms with Crippen LogP contribution in [-0.2, 0) is 19.6 Å². The zero-order valence-electron chi connectivity index (χ0n) is 20.4. The fourth-order valence-electron chi connectivity index (χ4n) is 4.84. The van der Waals surface area contributed by atoms with E-state index in [4.69, 9.17) is 18.9 Å². The summed E-state index contributed by atoms with van der Waals surface area (Å²) in [5, 5.41) is 2.55. The van der Waals surface area contributed by atoms with Crippen molar-refractivity contribution in [2.24, 2.45) is 0 Å². The van der Waals surface area contributed by atoms with Crippen LogP contribution in [0.1, 0.15) is 64.9 Å². The van der Waals surface area contributed by atoms with Crippen molar-refractivity contribution in [2.75, 3.05) is 33.5 Å². The van der Waals surface area contributed by atoms with Gasteiger partial charge in [-0.1, -0.05) is 12.1 Å². The van der Waals surface area contributed by atoms with Gasteiger partial charge >= 0.3 is 6.09 Å². The molecule has 184 valence electrons. The second-order valence-electron chi connectivity index (χ2n) is 10.2. The summed E-state index contributed by atoms with van der Waals surface area (Å²) in [5.41, 5.74) is 1.31. The Morgan fingerprint density at radius 3 is 2.24 bits per heavy atom. The van der Waals surface area contributed by atoms with Crippen molar-refractivity contribution < 1.29 is 28.1 Å². The predicted molar refractivity (Wildman–Crippen MR) is 125 cm³/mol. The molecule has 1 aromatic carbocycles. The first-order chi connectivity index (χ1) is 15.7. The van der Waals surface area contributed by atoms with Crippen LogP contribution in [0, 0.1) is 0 Å². The number of carbonyl (C=O) groups is 1. The molecule has 0 spiro atoms. The number of carbonyl (C=O) groups excluding carboxylic acids is 1. The average molecular weight is 464 g/mol. The van der Waals surface area contributed by atoms with Gasteiger partial charge in [0.1, 0.15) is 18.0 Å². The number of hydrogen-bond acceptors (Lipinski definition) is 5. The van der Waals surface area contributed by atoms with Crippen LogP contribution in [0.5, 0.6) is 5.75 Å². The minimum absolute atomic E-state index is 0.0286. The maximum atomic E-state index is 13.2. The summed E-state index contributed by atoms with van der Waals surface area (Å²) < 4.78 is 35.5. The molecule has 33 heavy (non-hydrogen) atoms. The summed E-state index contributed by atoms with van der Waals surface area (Å²) in [7, 11) is 1.71. The highest BCUT2D eigenvalue weighted by atomic mass is 19.1. The van der Waals surface area contributed by atoms with Crippen molar-refractivity contribution in [3.8, 4) is 5.75 Å². The van der Waals surface area contributed by atoms with Crippen LogP contribution in [0.25, 0.3) is 0 Å². The molecule has 1 aromatic rings. The van der Waals surface area contributed by atoms with Gasteiger partial charge in [-0.15, -0.1) is 0 Å². The topological polar surface area (TPSA) is 66.0 Å². The third kappa shape index (κ3) is 6.93. The number of rotatable bonds is 10. The Bertz CT molecular complexity index is 790. The molecule has 1 N–H and O–H groups in total. The molecule has 3 aliphatic rings. The molecule has 3 saturated carbocycles. The van der Waals surface area contributed by atoms with Gasteiger partial charge in [-0.3, -0.25) is 0 Å². The highest BCUT2D eigenvalue weighted by Crippen LogP contribution is 2.55. The molecule has 0 atom stereocenters. The highest BCUT2D eigenvalue weighted by molar-refractivity contribution is 5.68. The third-order valence-electron chi connectivity index (χ3n) is 6.78. The third-order valence-corrected chi connectivity index (χ3v) is 6.78. The van der Waals surface area contributed by atoms with Crippen molar-refractivity contribution in [1.29, 1.82) is 0 Å². The number of methoxy groups -OCH3 is 1. The van der Waals surface area contributed by atoms with Gasteiger partial charge in [0.05, 0.1) is 25.1 Å². The predicted octanol–water partition coefficient (Wildman–Crippen LogP) is 5.45. The Kier molecular flexibility index (Phi) is 8.40. The number of ether oxygens (including phenoxy) is 4. The van der Waals surface area contributed by atoms with Crippen molar-refractivity contribution >= 4 is 6.09 Å². The summed E-state index contributed by atoms with van der Waals surface area (Å²) in [4.78, 5) is 11.8. The fourth-order valence-corrected chi connectivity index (χ4v) is 4.84. The fraction of sp³-hybridized carbons (Fsp3) is 0.654. The highest BCUT2D eigenvalue weighted by Gasteiger charge is 2.49. The van der Waals surface area contributed by atoms with E-state index >= 15 is 0 Å². The van der Waals surface area contributed by atoms with E-state index in [9.17, 15) is 9.18 Å². The van der Waals surface area contributed by atoms with E-state index in [1.807, 2.05) is 12.1 Å². The zero-order chi connectivity index (χ0) is 24.0. The summed E-state index contributed by atoms with van der Waals surface area (Å²) >= 11 is 0. The molecule has 0 radical (unpaired) electrons. The van der Waals surface area contributed by atoms with Crippen molar-refractivity contribution in [3.05, 3.63) is 41.7 Å². The van der Waals surface area contributed by atoms with Crippen LogP contribution in [0.4, 0.5) is 9.18 Å². The van der Waals surface area contributed by atoms with Crippen LogP contribution < -0.4 is 10.1 Å². The van der Waals surface area contributed by atoms with E-state index in [-0.39, 0.29) is 24.2 Å². The maximum absolute atomic E-state index is 13.2. The lowest BCUT2D eigenvalue weighted by Gasteiger charge is -2.53. The maximum Gasteiger partial charge on any atom is 0.407 e. The Hall–Kier alpha value is -2.12. The first kappa shape index (κ1) is 25.5. The van der Waals surface area contributed by atoms with Crippen LogP contribution in [-0.4, -0.2) is 50.8 Å². The Morgan fingerprint density at radius 1 is 1.06 bits per heavy atom. The van der Waals surface area contributed by atoms with E-state index < -0.39 is 11.7 Å².